The van der Waals surface area contributed by atoms with E-state index in [4.69, 9.17) is 10.8 Å². The van der Waals surface area contributed by atoms with Gasteiger partial charge in [-0.05, 0) is 41.6 Å². The second-order valence-electron chi connectivity index (χ2n) is 6.40. The van der Waals surface area contributed by atoms with Gasteiger partial charge in [-0.2, -0.15) is 5.10 Å². The summed E-state index contributed by atoms with van der Waals surface area (Å²) in [5.74, 6) is 0.554. The Morgan fingerprint density at radius 3 is 2.96 bits per heavy atom. The third-order valence-electron chi connectivity index (χ3n) is 4.30. The molecule has 0 aliphatic carbocycles. The number of thioether (sulfide) groups is 1. The normalized spacial score (nSPS) is 15.3. The number of rotatable bonds is 5. The lowest BCUT2D eigenvalue weighted by molar-refractivity contribution is 0.319. The molecule has 2 heterocycles. The fourth-order valence-corrected chi connectivity index (χ4v) is 3.98. The predicted octanol–water partition coefficient (Wildman–Crippen LogP) is 3.61. The van der Waals surface area contributed by atoms with E-state index in [1.165, 1.54) is 12.1 Å². The lowest BCUT2D eigenvalue weighted by Gasteiger charge is -2.18. The van der Waals surface area contributed by atoms with Crippen molar-refractivity contribution in [2.45, 2.75) is 12.5 Å². The highest BCUT2D eigenvalue weighted by molar-refractivity contribution is 8.14. The van der Waals surface area contributed by atoms with Gasteiger partial charge in [-0.25, -0.2) is 4.39 Å². The van der Waals surface area contributed by atoms with Crippen molar-refractivity contribution in [1.29, 1.82) is 0 Å². The summed E-state index contributed by atoms with van der Waals surface area (Å²) in [7, 11) is 0. The third kappa shape index (κ3) is 3.86. The van der Waals surface area contributed by atoms with Crippen LogP contribution in [0.25, 0.3) is 10.8 Å². The molecule has 0 bridgehead atoms. The molecule has 3 aromatic rings. The number of hydrogen-bond acceptors (Lipinski definition) is 5. The SMILES string of the molecule is N[C@@H](Cc1cccc(F)c1)CN1CSC(c2ccc3cnccc3c2)=N1. The van der Waals surface area contributed by atoms with Crippen LogP contribution in [0.1, 0.15) is 11.1 Å². The molecule has 132 valence electrons. The Labute approximate surface area is 155 Å². The smallest absolute Gasteiger partial charge is 0.125 e. The highest BCUT2D eigenvalue weighted by Crippen LogP contribution is 2.25. The first-order valence-electron chi connectivity index (χ1n) is 8.48. The number of pyridine rings is 1. The molecule has 4 rings (SSSR count). The summed E-state index contributed by atoms with van der Waals surface area (Å²) in [6, 6.07) is 14.8. The Balaban J connectivity index is 1.43. The van der Waals surface area contributed by atoms with Crippen LogP contribution in [0.2, 0.25) is 0 Å². The molecule has 2 aromatic carbocycles. The van der Waals surface area contributed by atoms with E-state index in [2.05, 4.69) is 23.2 Å². The van der Waals surface area contributed by atoms with E-state index in [9.17, 15) is 4.39 Å². The van der Waals surface area contributed by atoms with E-state index >= 15 is 0 Å². The summed E-state index contributed by atoms with van der Waals surface area (Å²) in [4.78, 5) is 4.14. The van der Waals surface area contributed by atoms with Crippen LogP contribution in [0.4, 0.5) is 4.39 Å². The Bertz CT molecular complexity index is 959. The molecular weight excluding hydrogens is 347 g/mol. The fourth-order valence-electron chi connectivity index (χ4n) is 3.07. The van der Waals surface area contributed by atoms with E-state index < -0.39 is 0 Å². The highest BCUT2D eigenvalue weighted by Gasteiger charge is 2.19. The molecule has 1 aliphatic rings. The lowest BCUT2D eigenvalue weighted by Crippen LogP contribution is -2.35. The molecule has 0 fully saturated rings. The number of hydrogen-bond donors (Lipinski definition) is 1. The predicted molar refractivity (Wildman–Crippen MR) is 106 cm³/mol. The second kappa shape index (κ2) is 7.43. The lowest BCUT2D eigenvalue weighted by atomic mass is 10.1. The van der Waals surface area contributed by atoms with Gasteiger partial charge in [0.15, 0.2) is 0 Å². The molecule has 0 unspecified atom stereocenters. The number of halogens is 1. The zero-order valence-corrected chi connectivity index (χ0v) is 15.0. The van der Waals surface area contributed by atoms with Crippen LogP contribution in [-0.4, -0.2) is 33.5 Å². The molecule has 0 amide bonds. The molecule has 1 aliphatic heterocycles. The molecule has 1 atom stereocenters. The zero-order chi connectivity index (χ0) is 17.9. The van der Waals surface area contributed by atoms with Crippen molar-refractivity contribution >= 4 is 27.6 Å². The molecule has 0 saturated carbocycles. The van der Waals surface area contributed by atoms with E-state index in [-0.39, 0.29) is 11.9 Å². The van der Waals surface area contributed by atoms with Crippen LogP contribution >= 0.6 is 11.8 Å². The standard InChI is InChI=1S/C20H19FN4S/c21-18-3-1-2-14(8-18)9-19(22)12-25-13-26-20(24-25)16-4-5-17-11-23-7-6-15(17)10-16/h1-8,10-11,19H,9,12-13,22H2/t19-/m0/s1. The minimum atomic E-state index is -0.224. The topological polar surface area (TPSA) is 54.5 Å². The van der Waals surface area contributed by atoms with Gasteiger partial charge in [0.1, 0.15) is 10.9 Å². The monoisotopic (exact) mass is 366 g/mol. The minimum absolute atomic E-state index is 0.0943. The Morgan fingerprint density at radius 2 is 2.08 bits per heavy atom. The van der Waals surface area contributed by atoms with Crippen LogP contribution in [-0.2, 0) is 6.42 Å². The first-order chi connectivity index (χ1) is 12.7. The van der Waals surface area contributed by atoms with E-state index in [1.54, 1.807) is 24.0 Å². The molecule has 6 heteroatoms. The second-order valence-corrected chi connectivity index (χ2v) is 7.33. The van der Waals surface area contributed by atoms with Crippen LogP contribution in [0.3, 0.4) is 0 Å². The van der Waals surface area contributed by atoms with Crippen molar-refractivity contribution in [1.82, 2.24) is 9.99 Å². The summed E-state index contributed by atoms with van der Waals surface area (Å²) in [5.41, 5.74) is 8.26. The summed E-state index contributed by atoms with van der Waals surface area (Å²) in [6.07, 6.45) is 4.29. The summed E-state index contributed by atoms with van der Waals surface area (Å²) >= 11 is 1.71. The average molecular weight is 366 g/mol. The van der Waals surface area contributed by atoms with Gasteiger partial charge in [-0.1, -0.05) is 36.0 Å². The summed E-state index contributed by atoms with van der Waals surface area (Å²) < 4.78 is 13.3. The number of aromatic nitrogens is 1. The number of fused-ring (bicyclic) bond motifs is 1. The number of nitrogens with zero attached hydrogens (tertiary/aromatic N) is 3. The molecule has 0 spiro atoms. The van der Waals surface area contributed by atoms with Crippen LogP contribution in [0.15, 0.2) is 66.0 Å². The van der Waals surface area contributed by atoms with E-state index in [0.717, 1.165) is 32.8 Å². The largest absolute Gasteiger partial charge is 0.326 e. The highest BCUT2D eigenvalue weighted by atomic mass is 32.2. The van der Waals surface area contributed by atoms with Gasteiger partial charge in [-0.15, -0.1) is 0 Å². The van der Waals surface area contributed by atoms with Crippen molar-refractivity contribution in [3.8, 4) is 0 Å². The van der Waals surface area contributed by atoms with Crippen LogP contribution in [0.5, 0.6) is 0 Å². The Hall–Kier alpha value is -2.44. The summed E-state index contributed by atoms with van der Waals surface area (Å²) in [5, 5.41) is 9.97. The fraction of sp³-hybridized carbons (Fsp3) is 0.200. The molecule has 0 saturated heterocycles. The van der Waals surface area contributed by atoms with Crippen LogP contribution in [0, 0.1) is 5.82 Å². The first-order valence-corrected chi connectivity index (χ1v) is 9.46. The molecule has 1 aromatic heterocycles. The quantitative estimate of drug-likeness (QED) is 0.749. The van der Waals surface area contributed by atoms with Crippen molar-refractivity contribution in [3.05, 3.63) is 77.9 Å². The third-order valence-corrected chi connectivity index (χ3v) is 5.32. The molecule has 0 radical (unpaired) electrons. The maximum atomic E-state index is 13.3. The number of nitrogens with two attached hydrogens (primary N) is 1. The molecule has 4 nitrogen and oxygen atoms in total. The maximum Gasteiger partial charge on any atom is 0.125 e. The van der Waals surface area contributed by atoms with Gasteiger partial charge in [0, 0.05) is 29.4 Å². The maximum absolute atomic E-state index is 13.3. The van der Waals surface area contributed by atoms with E-state index in [1.807, 2.05) is 23.3 Å². The van der Waals surface area contributed by atoms with E-state index in [0.29, 0.717) is 13.0 Å². The summed E-state index contributed by atoms with van der Waals surface area (Å²) in [6.45, 7) is 0.643. The van der Waals surface area contributed by atoms with Gasteiger partial charge >= 0.3 is 0 Å². The van der Waals surface area contributed by atoms with Crippen molar-refractivity contribution < 1.29 is 4.39 Å². The zero-order valence-electron chi connectivity index (χ0n) is 14.2. The Kier molecular flexibility index (Phi) is 4.86. The molecular formula is C20H19FN4S. The van der Waals surface area contributed by atoms with Crippen LogP contribution < -0.4 is 5.73 Å². The van der Waals surface area contributed by atoms with Gasteiger partial charge in [0.2, 0.25) is 0 Å². The van der Waals surface area contributed by atoms with Gasteiger partial charge in [0.05, 0.1) is 12.4 Å². The molecule has 2 N–H and O–H groups in total. The van der Waals surface area contributed by atoms with Crippen molar-refractivity contribution in [2.75, 3.05) is 12.4 Å². The van der Waals surface area contributed by atoms with Gasteiger partial charge < -0.3 is 5.73 Å². The first kappa shape index (κ1) is 17.0. The van der Waals surface area contributed by atoms with Gasteiger partial charge in [0.25, 0.3) is 0 Å². The average Bonchev–Trinajstić information content (AvgIpc) is 3.09. The van der Waals surface area contributed by atoms with Crippen molar-refractivity contribution in [2.24, 2.45) is 10.8 Å². The van der Waals surface area contributed by atoms with Gasteiger partial charge in [-0.3, -0.25) is 9.99 Å². The molecule has 26 heavy (non-hydrogen) atoms. The number of benzene rings is 2. The van der Waals surface area contributed by atoms with Crippen molar-refractivity contribution in [3.63, 3.8) is 0 Å². The number of hydrazone groups is 1. The minimum Gasteiger partial charge on any atom is -0.326 e. The Morgan fingerprint density at radius 1 is 1.15 bits per heavy atom.